The number of hydrogen-bond donors (Lipinski definition) is 2. The molecule has 0 radical (unpaired) electrons. The van der Waals surface area contributed by atoms with Gasteiger partial charge in [-0.1, -0.05) is 0 Å². The van der Waals surface area contributed by atoms with Crippen LogP contribution in [0.3, 0.4) is 0 Å². The zero-order valence-corrected chi connectivity index (χ0v) is 10.1. The summed E-state index contributed by atoms with van der Waals surface area (Å²) in [6, 6.07) is 3.80. The Morgan fingerprint density at radius 3 is 2.88 bits per heavy atom. The van der Waals surface area contributed by atoms with Crippen molar-refractivity contribution < 1.29 is 4.74 Å². The minimum Gasteiger partial charge on any atom is -0.396 e. The molecule has 0 fully saturated rings. The Bertz CT molecular complexity index is 315. The van der Waals surface area contributed by atoms with Crippen LogP contribution in [0.1, 0.15) is 25.0 Å². The first-order valence-corrected chi connectivity index (χ1v) is 5.70. The second-order valence-electron chi connectivity index (χ2n) is 3.87. The number of rotatable bonds is 7. The summed E-state index contributed by atoms with van der Waals surface area (Å²) in [7, 11) is 1.73. The van der Waals surface area contributed by atoms with Gasteiger partial charge in [0.1, 0.15) is 5.82 Å². The average molecular weight is 223 g/mol. The van der Waals surface area contributed by atoms with Crippen molar-refractivity contribution in [2.24, 2.45) is 0 Å². The summed E-state index contributed by atoms with van der Waals surface area (Å²) in [6.45, 7) is 3.71. The van der Waals surface area contributed by atoms with Gasteiger partial charge in [0.15, 0.2) is 0 Å². The summed E-state index contributed by atoms with van der Waals surface area (Å²) in [5, 5.41) is 3.25. The molecule has 4 nitrogen and oxygen atoms in total. The number of aryl methyl sites for hydroxylation is 1. The van der Waals surface area contributed by atoms with Crippen LogP contribution in [-0.2, 0) is 4.74 Å². The van der Waals surface area contributed by atoms with Gasteiger partial charge < -0.3 is 15.8 Å². The summed E-state index contributed by atoms with van der Waals surface area (Å²) in [5.41, 5.74) is 7.50. The Morgan fingerprint density at radius 1 is 1.31 bits per heavy atom. The Balaban J connectivity index is 2.23. The van der Waals surface area contributed by atoms with E-state index in [4.69, 9.17) is 10.5 Å². The molecular formula is C12H21N3O. The number of aromatic nitrogens is 1. The van der Waals surface area contributed by atoms with Crippen LogP contribution in [0.15, 0.2) is 12.1 Å². The van der Waals surface area contributed by atoms with Crippen LogP contribution in [0.25, 0.3) is 0 Å². The second-order valence-corrected chi connectivity index (χ2v) is 3.87. The number of hydrogen-bond acceptors (Lipinski definition) is 4. The lowest BCUT2D eigenvalue weighted by atomic mass is 10.2. The Labute approximate surface area is 97.2 Å². The minimum atomic E-state index is 0.711. The molecule has 1 heterocycles. The highest BCUT2D eigenvalue weighted by molar-refractivity contribution is 5.61. The third-order valence-electron chi connectivity index (χ3n) is 2.38. The highest BCUT2D eigenvalue weighted by atomic mass is 16.5. The van der Waals surface area contributed by atoms with Crippen molar-refractivity contribution in [1.82, 2.24) is 4.98 Å². The fourth-order valence-electron chi connectivity index (χ4n) is 1.46. The first kappa shape index (κ1) is 12.8. The number of unbranched alkanes of at least 4 members (excludes halogenated alkanes) is 2. The highest BCUT2D eigenvalue weighted by Crippen LogP contribution is 2.15. The van der Waals surface area contributed by atoms with Gasteiger partial charge in [-0.25, -0.2) is 4.98 Å². The summed E-state index contributed by atoms with van der Waals surface area (Å²) in [5.74, 6) is 0.798. The molecule has 4 heteroatoms. The van der Waals surface area contributed by atoms with Crippen molar-refractivity contribution >= 4 is 11.5 Å². The summed E-state index contributed by atoms with van der Waals surface area (Å²) in [4.78, 5) is 4.35. The van der Waals surface area contributed by atoms with Crippen LogP contribution in [0, 0.1) is 6.92 Å². The van der Waals surface area contributed by atoms with Gasteiger partial charge in [0, 0.05) is 26.0 Å². The van der Waals surface area contributed by atoms with E-state index in [9.17, 15) is 0 Å². The van der Waals surface area contributed by atoms with Crippen LogP contribution in [-0.4, -0.2) is 25.2 Å². The monoisotopic (exact) mass is 223 g/mol. The maximum atomic E-state index is 5.81. The maximum Gasteiger partial charge on any atom is 0.149 e. The fourth-order valence-corrected chi connectivity index (χ4v) is 1.46. The van der Waals surface area contributed by atoms with Gasteiger partial charge in [0.25, 0.3) is 0 Å². The van der Waals surface area contributed by atoms with E-state index in [1.807, 2.05) is 19.1 Å². The second kappa shape index (κ2) is 7.06. The molecule has 0 unspecified atom stereocenters. The van der Waals surface area contributed by atoms with E-state index >= 15 is 0 Å². The molecule has 1 rings (SSSR count). The zero-order chi connectivity index (χ0) is 11.8. The Hall–Kier alpha value is -1.29. The number of pyridine rings is 1. The van der Waals surface area contributed by atoms with E-state index in [-0.39, 0.29) is 0 Å². The van der Waals surface area contributed by atoms with Crippen LogP contribution in [0.5, 0.6) is 0 Å². The number of nitrogens with two attached hydrogens (primary N) is 1. The van der Waals surface area contributed by atoms with Crippen molar-refractivity contribution in [2.75, 3.05) is 31.3 Å². The van der Waals surface area contributed by atoms with E-state index < -0.39 is 0 Å². The zero-order valence-electron chi connectivity index (χ0n) is 10.1. The molecule has 0 bridgehead atoms. The molecule has 3 N–H and O–H groups in total. The van der Waals surface area contributed by atoms with Crippen molar-refractivity contribution in [2.45, 2.75) is 26.2 Å². The minimum absolute atomic E-state index is 0.711. The first-order valence-electron chi connectivity index (χ1n) is 5.70. The molecule has 1 aromatic heterocycles. The van der Waals surface area contributed by atoms with Gasteiger partial charge in [-0.15, -0.1) is 0 Å². The van der Waals surface area contributed by atoms with Crippen molar-refractivity contribution in [3.63, 3.8) is 0 Å². The third-order valence-corrected chi connectivity index (χ3v) is 2.38. The summed E-state index contributed by atoms with van der Waals surface area (Å²) >= 11 is 0. The lowest BCUT2D eigenvalue weighted by molar-refractivity contribution is 0.192. The van der Waals surface area contributed by atoms with Crippen molar-refractivity contribution in [3.05, 3.63) is 17.8 Å². The van der Waals surface area contributed by atoms with Gasteiger partial charge in [-0.05, 0) is 38.3 Å². The van der Waals surface area contributed by atoms with E-state index in [2.05, 4.69) is 10.3 Å². The molecule has 0 amide bonds. The molecule has 0 aromatic carbocycles. The topological polar surface area (TPSA) is 60.2 Å². The summed E-state index contributed by atoms with van der Waals surface area (Å²) in [6.07, 6.45) is 3.37. The first-order chi connectivity index (χ1) is 7.74. The quantitative estimate of drug-likeness (QED) is 0.696. The predicted molar refractivity (Wildman–Crippen MR) is 67.6 cm³/mol. The van der Waals surface area contributed by atoms with Crippen LogP contribution >= 0.6 is 0 Å². The predicted octanol–water partition coefficient (Wildman–Crippen LogP) is 2.20. The maximum absolute atomic E-state index is 5.81. The van der Waals surface area contributed by atoms with Gasteiger partial charge in [-0.3, -0.25) is 0 Å². The van der Waals surface area contributed by atoms with Gasteiger partial charge in [0.05, 0.1) is 5.69 Å². The largest absolute Gasteiger partial charge is 0.396 e. The van der Waals surface area contributed by atoms with E-state index in [0.29, 0.717) is 5.69 Å². The third kappa shape index (κ3) is 4.49. The van der Waals surface area contributed by atoms with Crippen LogP contribution in [0.4, 0.5) is 11.5 Å². The summed E-state index contributed by atoms with van der Waals surface area (Å²) < 4.78 is 4.99. The van der Waals surface area contributed by atoms with Crippen molar-refractivity contribution in [3.8, 4) is 0 Å². The molecule has 1 aromatic rings. The van der Waals surface area contributed by atoms with Crippen molar-refractivity contribution in [1.29, 1.82) is 0 Å². The SMILES string of the molecule is COCCCCCNc1nc(C)ccc1N. The Kier molecular flexibility index (Phi) is 5.64. The van der Waals surface area contributed by atoms with Gasteiger partial charge in [-0.2, -0.15) is 0 Å². The number of nitrogens with one attached hydrogen (secondary N) is 1. The molecule has 0 aliphatic heterocycles. The average Bonchev–Trinajstić information content (AvgIpc) is 2.28. The molecule has 0 saturated heterocycles. The number of nitrogens with zero attached hydrogens (tertiary/aromatic N) is 1. The molecule has 0 spiro atoms. The number of anilines is 2. The van der Waals surface area contributed by atoms with E-state index in [0.717, 1.165) is 43.9 Å². The van der Waals surface area contributed by atoms with E-state index in [1.54, 1.807) is 7.11 Å². The fraction of sp³-hybridized carbons (Fsp3) is 0.583. The van der Waals surface area contributed by atoms with Crippen LogP contribution in [0.2, 0.25) is 0 Å². The lowest BCUT2D eigenvalue weighted by Gasteiger charge is -2.08. The molecule has 0 saturated carbocycles. The smallest absolute Gasteiger partial charge is 0.149 e. The molecule has 16 heavy (non-hydrogen) atoms. The molecule has 90 valence electrons. The molecule has 0 aliphatic rings. The standard InChI is InChI=1S/C12H21N3O/c1-10-6-7-11(13)12(15-10)14-8-4-3-5-9-16-2/h6-7H,3-5,8-9,13H2,1-2H3,(H,14,15). The molecular weight excluding hydrogens is 202 g/mol. The van der Waals surface area contributed by atoms with Gasteiger partial charge in [0.2, 0.25) is 0 Å². The Morgan fingerprint density at radius 2 is 2.12 bits per heavy atom. The van der Waals surface area contributed by atoms with Crippen LogP contribution < -0.4 is 11.1 Å². The molecule has 0 aliphatic carbocycles. The molecule has 0 atom stereocenters. The number of ether oxygens (including phenoxy) is 1. The number of nitrogen functional groups attached to an aromatic ring is 1. The normalized spacial score (nSPS) is 10.4. The highest BCUT2D eigenvalue weighted by Gasteiger charge is 1.99. The number of methoxy groups -OCH3 is 1. The van der Waals surface area contributed by atoms with E-state index in [1.165, 1.54) is 0 Å². The van der Waals surface area contributed by atoms with Gasteiger partial charge >= 0.3 is 0 Å². The lowest BCUT2D eigenvalue weighted by Crippen LogP contribution is -2.07.